The highest BCUT2D eigenvalue weighted by Gasteiger charge is 2.18. The Labute approximate surface area is 127 Å². The maximum Gasteiger partial charge on any atom is 0.355 e. The zero-order valence-electron chi connectivity index (χ0n) is 12.0. The van der Waals surface area contributed by atoms with Gasteiger partial charge < -0.3 is 5.11 Å². The summed E-state index contributed by atoms with van der Waals surface area (Å²) in [6.07, 6.45) is 1.53. The molecule has 1 heterocycles. The molecule has 1 unspecified atom stereocenters. The molecule has 1 N–H and O–H groups in total. The molecule has 1 atom stereocenters. The van der Waals surface area contributed by atoms with E-state index in [9.17, 15) is 14.3 Å². The highest BCUT2D eigenvalue weighted by atomic mass is 19.1. The van der Waals surface area contributed by atoms with E-state index in [1.165, 1.54) is 12.3 Å². The van der Waals surface area contributed by atoms with E-state index in [-0.39, 0.29) is 17.4 Å². The lowest BCUT2D eigenvalue weighted by Gasteiger charge is -2.16. The number of pyridine rings is 1. The molecular formula is C18H14FNO2. The minimum atomic E-state index is -1.07. The molecule has 3 rings (SSSR count). The van der Waals surface area contributed by atoms with Crippen molar-refractivity contribution >= 4 is 16.7 Å². The molecule has 22 heavy (non-hydrogen) atoms. The van der Waals surface area contributed by atoms with Crippen molar-refractivity contribution in [3.63, 3.8) is 0 Å². The summed E-state index contributed by atoms with van der Waals surface area (Å²) in [7, 11) is 0. The van der Waals surface area contributed by atoms with Crippen LogP contribution in [0.1, 0.15) is 34.5 Å². The largest absolute Gasteiger partial charge is 0.476 e. The number of carboxylic acid groups (broad SMARTS) is 1. The molecule has 0 spiro atoms. The Bertz CT molecular complexity index is 861. The average molecular weight is 295 g/mol. The van der Waals surface area contributed by atoms with Gasteiger partial charge in [-0.3, -0.25) is 0 Å². The molecule has 0 fully saturated rings. The summed E-state index contributed by atoms with van der Waals surface area (Å²) in [5.41, 5.74) is 1.39. The first-order chi connectivity index (χ1) is 10.6. The van der Waals surface area contributed by atoms with Crippen LogP contribution < -0.4 is 0 Å². The third-order valence-corrected chi connectivity index (χ3v) is 3.87. The van der Waals surface area contributed by atoms with Gasteiger partial charge in [0.2, 0.25) is 0 Å². The monoisotopic (exact) mass is 295 g/mol. The normalized spacial score (nSPS) is 12.3. The predicted octanol–water partition coefficient (Wildman–Crippen LogP) is 4.22. The lowest BCUT2D eigenvalue weighted by atomic mass is 9.90. The SMILES string of the molecule is CC(c1ccccc1F)c1cnc(C(=O)O)c2ccccc12. The fourth-order valence-corrected chi connectivity index (χ4v) is 2.72. The van der Waals surface area contributed by atoms with E-state index in [2.05, 4.69) is 4.98 Å². The van der Waals surface area contributed by atoms with E-state index in [0.29, 0.717) is 10.9 Å². The Morgan fingerprint density at radius 1 is 1.05 bits per heavy atom. The van der Waals surface area contributed by atoms with Crippen LogP contribution in [0, 0.1) is 5.82 Å². The zero-order chi connectivity index (χ0) is 15.7. The van der Waals surface area contributed by atoms with Gasteiger partial charge >= 0.3 is 5.97 Å². The fraction of sp³-hybridized carbons (Fsp3) is 0.111. The maximum atomic E-state index is 14.0. The average Bonchev–Trinajstić information content (AvgIpc) is 2.53. The summed E-state index contributed by atoms with van der Waals surface area (Å²) < 4.78 is 14.0. The molecule has 4 heteroatoms. The van der Waals surface area contributed by atoms with E-state index >= 15 is 0 Å². The molecule has 0 amide bonds. The Kier molecular flexibility index (Phi) is 3.59. The predicted molar refractivity (Wildman–Crippen MR) is 82.6 cm³/mol. The van der Waals surface area contributed by atoms with Crippen LogP contribution in [0.3, 0.4) is 0 Å². The van der Waals surface area contributed by atoms with E-state index in [1.807, 2.05) is 19.1 Å². The van der Waals surface area contributed by atoms with Crippen LogP contribution in [0.25, 0.3) is 10.8 Å². The van der Waals surface area contributed by atoms with Crippen molar-refractivity contribution < 1.29 is 14.3 Å². The molecular weight excluding hydrogens is 281 g/mol. The molecule has 0 saturated carbocycles. The van der Waals surface area contributed by atoms with Crippen molar-refractivity contribution in [2.75, 3.05) is 0 Å². The van der Waals surface area contributed by atoms with Gasteiger partial charge in [0.25, 0.3) is 0 Å². The molecule has 3 aromatic rings. The smallest absolute Gasteiger partial charge is 0.355 e. The number of benzene rings is 2. The van der Waals surface area contributed by atoms with Gasteiger partial charge in [0.15, 0.2) is 5.69 Å². The van der Waals surface area contributed by atoms with Gasteiger partial charge in [-0.1, -0.05) is 49.4 Å². The van der Waals surface area contributed by atoms with Gasteiger partial charge in [0, 0.05) is 17.5 Å². The molecule has 110 valence electrons. The highest BCUT2D eigenvalue weighted by Crippen LogP contribution is 2.32. The minimum Gasteiger partial charge on any atom is -0.476 e. The first-order valence-corrected chi connectivity index (χ1v) is 6.95. The number of aromatic nitrogens is 1. The second-order valence-electron chi connectivity index (χ2n) is 5.16. The Morgan fingerprint density at radius 2 is 1.68 bits per heavy atom. The number of aromatic carboxylic acids is 1. The number of carbonyl (C=O) groups is 1. The van der Waals surface area contributed by atoms with Gasteiger partial charge in [-0.2, -0.15) is 0 Å². The van der Waals surface area contributed by atoms with Crippen LogP contribution in [0.5, 0.6) is 0 Å². The third kappa shape index (κ3) is 2.33. The zero-order valence-corrected chi connectivity index (χ0v) is 12.0. The van der Waals surface area contributed by atoms with Crippen molar-refractivity contribution in [1.29, 1.82) is 0 Å². The molecule has 0 bridgehead atoms. The van der Waals surface area contributed by atoms with Crippen LogP contribution in [-0.4, -0.2) is 16.1 Å². The van der Waals surface area contributed by atoms with Crippen LogP contribution in [-0.2, 0) is 0 Å². The number of rotatable bonds is 3. The van der Waals surface area contributed by atoms with Crippen molar-refractivity contribution in [1.82, 2.24) is 4.98 Å². The van der Waals surface area contributed by atoms with Crippen molar-refractivity contribution in [2.45, 2.75) is 12.8 Å². The summed E-state index contributed by atoms with van der Waals surface area (Å²) in [4.78, 5) is 15.4. The summed E-state index contributed by atoms with van der Waals surface area (Å²) in [6.45, 7) is 1.89. The quantitative estimate of drug-likeness (QED) is 0.787. The number of carboxylic acids is 1. The summed E-state index contributed by atoms with van der Waals surface area (Å²) in [5.74, 6) is -1.57. The van der Waals surface area contributed by atoms with E-state index < -0.39 is 5.97 Å². The minimum absolute atomic E-state index is 0.0140. The Balaban J connectivity index is 2.22. The van der Waals surface area contributed by atoms with Gasteiger partial charge in [0.1, 0.15) is 5.82 Å². The molecule has 2 aromatic carbocycles. The van der Waals surface area contributed by atoms with Crippen LogP contribution in [0.2, 0.25) is 0 Å². The lowest BCUT2D eigenvalue weighted by molar-refractivity contribution is 0.0693. The number of hydrogen-bond donors (Lipinski definition) is 1. The van der Waals surface area contributed by atoms with Crippen LogP contribution in [0.4, 0.5) is 4.39 Å². The first-order valence-electron chi connectivity index (χ1n) is 6.95. The van der Waals surface area contributed by atoms with Crippen molar-refractivity contribution in [2.24, 2.45) is 0 Å². The van der Waals surface area contributed by atoms with Crippen LogP contribution in [0.15, 0.2) is 54.7 Å². The van der Waals surface area contributed by atoms with Gasteiger partial charge in [-0.05, 0) is 22.6 Å². The molecule has 0 aliphatic carbocycles. The van der Waals surface area contributed by atoms with Crippen molar-refractivity contribution in [3.05, 3.63) is 77.4 Å². The maximum absolute atomic E-state index is 14.0. The van der Waals surface area contributed by atoms with E-state index in [4.69, 9.17) is 0 Å². The number of hydrogen-bond acceptors (Lipinski definition) is 2. The molecule has 1 aromatic heterocycles. The first kappa shape index (κ1) is 14.2. The topological polar surface area (TPSA) is 50.2 Å². The molecule has 0 radical (unpaired) electrons. The van der Waals surface area contributed by atoms with E-state index in [0.717, 1.165) is 10.9 Å². The van der Waals surface area contributed by atoms with Gasteiger partial charge in [0.05, 0.1) is 0 Å². The number of halogens is 1. The lowest BCUT2D eigenvalue weighted by Crippen LogP contribution is -2.06. The molecule has 0 saturated heterocycles. The molecule has 0 aliphatic heterocycles. The van der Waals surface area contributed by atoms with E-state index in [1.54, 1.807) is 30.3 Å². The summed E-state index contributed by atoms with van der Waals surface area (Å²) in [5, 5.41) is 10.6. The second kappa shape index (κ2) is 5.56. The Hall–Kier alpha value is -2.75. The number of fused-ring (bicyclic) bond motifs is 1. The Morgan fingerprint density at radius 3 is 2.36 bits per heavy atom. The fourth-order valence-electron chi connectivity index (χ4n) is 2.72. The van der Waals surface area contributed by atoms with Gasteiger partial charge in [-0.15, -0.1) is 0 Å². The molecule has 0 aliphatic rings. The molecule has 3 nitrogen and oxygen atoms in total. The van der Waals surface area contributed by atoms with Crippen molar-refractivity contribution in [3.8, 4) is 0 Å². The standard InChI is InChI=1S/C18H14FNO2/c1-11(12-6-4-5-9-16(12)19)15-10-20-17(18(21)22)14-8-3-2-7-13(14)15/h2-11H,1H3,(H,21,22). The van der Waals surface area contributed by atoms with Crippen LogP contribution >= 0.6 is 0 Å². The summed E-state index contributed by atoms with van der Waals surface area (Å²) >= 11 is 0. The van der Waals surface area contributed by atoms with Gasteiger partial charge in [-0.25, -0.2) is 14.2 Å². The highest BCUT2D eigenvalue weighted by molar-refractivity contribution is 6.02. The number of nitrogens with zero attached hydrogens (tertiary/aromatic N) is 1. The third-order valence-electron chi connectivity index (χ3n) is 3.87. The second-order valence-corrected chi connectivity index (χ2v) is 5.16. The summed E-state index contributed by atoms with van der Waals surface area (Å²) in [6, 6.07) is 13.8.